The van der Waals surface area contributed by atoms with Gasteiger partial charge in [-0.2, -0.15) is 0 Å². The van der Waals surface area contributed by atoms with E-state index in [2.05, 4.69) is 5.32 Å². The number of amides is 3. The smallest absolute Gasteiger partial charge is 0.317 e. The Hall–Kier alpha value is -1.79. The van der Waals surface area contributed by atoms with Crippen LogP contribution in [0.5, 0.6) is 0 Å². The Bertz CT molecular complexity index is 367. The third-order valence-corrected chi connectivity index (χ3v) is 3.30. The molecule has 1 heterocycles. The molecule has 20 heavy (non-hydrogen) atoms. The summed E-state index contributed by atoms with van der Waals surface area (Å²) in [5, 5.41) is 11.3. The summed E-state index contributed by atoms with van der Waals surface area (Å²) in [4.78, 5) is 37.2. The number of likely N-dealkylation sites (tertiary alicyclic amines) is 1. The Balaban J connectivity index is 2.27. The molecule has 2 N–H and O–H groups in total. The number of aliphatic carboxylic acids is 1. The van der Waals surface area contributed by atoms with E-state index in [1.165, 1.54) is 4.90 Å². The third kappa shape index (κ3) is 5.46. The molecular weight excluding hydrogens is 262 g/mol. The average molecular weight is 285 g/mol. The molecule has 1 aliphatic rings. The van der Waals surface area contributed by atoms with Gasteiger partial charge in [-0.1, -0.05) is 6.92 Å². The van der Waals surface area contributed by atoms with E-state index in [4.69, 9.17) is 5.11 Å². The number of hydrogen-bond acceptors (Lipinski definition) is 3. The maximum atomic E-state index is 11.9. The van der Waals surface area contributed by atoms with Gasteiger partial charge in [0.2, 0.25) is 5.91 Å². The maximum Gasteiger partial charge on any atom is 0.317 e. The van der Waals surface area contributed by atoms with Crippen molar-refractivity contribution in [2.24, 2.45) is 5.92 Å². The lowest BCUT2D eigenvalue weighted by molar-refractivity contribution is -0.138. The quantitative estimate of drug-likeness (QED) is 0.737. The molecule has 0 aliphatic carbocycles. The van der Waals surface area contributed by atoms with Crippen molar-refractivity contribution in [3.8, 4) is 0 Å². The lowest BCUT2D eigenvalue weighted by Crippen LogP contribution is -2.45. The van der Waals surface area contributed by atoms with Gasteiger partial charge in [0, 0.05) is 33.1 Å². The van der Waals surface area contributed by atoms with Crippen LogP contribution >= 0.6 is 0 Å². The van der Waals surface area contributed by atoms with Crippen molar-refractivity contribution >= 4 is 17.9 Å². The number of nitrogens with zero attached hydrogens (tertiary/aromatic N) is 2. The van der Waals surface area contributed by atoms with Gasteiger partial charge in [-0.25, -0.2) is 4.79 Å². The molecule has 7 nitrogen and oxygen atoms in total. The Morgan fingerprint density at radius 2 is 1.90 bits per heavy atom. The molecule has 114 valence electrons. The van der Waals surface area contributed by atoms with Crippen molar-refractivity contribution in [1.82, 2.24) is 15.1 Å². The zero-order valence-corrected chi connectivity index (χ0v) is 12.1. The first-order valence-electron chi connectivity index (χ1n) is 6.88. The van der Waals surface area contributed by atoms with E-state index in [9.17, 15) is 14.4 Å². The zero-order chi connectivity index (χ0) is 15.1. The molecular formula is C13H23N3O4. The third-order valence-electron chi connectivity index (χ3n) is 3.30. The highest BCUT2D eigenvalue weighted by Crippen LogP contribution is 2.07. The minimum absolute atomic E-state index is 0.0106. The van der Waals surface area contributed by atoms with Crippen molar-refractivity contribution in [2.45, 2.75) is 26.2 Å². The Morgan fingerprint density at radius 3 is 2.45 bits per heavy atom. The summed E-state index contributed by atoms with van der Waals surface area (Å²) in [6, 6.07) is -0.352. The van der Waals surface area contributed by atoms with E-state index in [0.29, 0.717) is 0 Å². The highest BCUT2D eigenvalue weighted by atomic mass is 16.4. The number of rotatable bonds is 6. The summed E-state index contributed by atoms with van der Waals surface area (Å²) >= 11 is 0. The summed E-state index contributed by atoms with van der Waals surface area (Å²) in [5.41, 5.74) is 0. The van der Waals surface area contributed by atoms with Crippen LogP contribution in [0.4, 0.5) is 4.79 Å². The van der Waals surface area contributed by atoms with E-state index in [-0.39, 0.29) is 37.4 Å². The van der Waals surface area contributed by atoms with Crippen LogP contribution in [0.2, 0.25) is 0 Å². The van der Waals surface area contributed by atoms with Crippen LogP contribution in [0, 0.1) is 5.92 Å². The van der Waals surface area contributed by atoms with E-state index in [1.54, 1.807) is 18.9 Å². The number of likely N-dealkylation sites (N-methyl/N-ethyl adjacent to an activating group) is 1. The second-order valence-electron chi connectivity index (χ2n) is 5.33. The lowest BCUT2D eigenvalue weighted by atomic mass is 10.1. The molecule has 0 aromatic carbocycles. The van der Waals surface area contributed by atoms with Crippen LogP contribution in [0.3, 0.4) is 0 Å². The van der Waals surface area contributed by atoms with Crippen LogP contribution in [0.15, 0.2) is 0 Å². The van der Waals surface area contributed by atoms with Gasteiger partial charge in [0.05, 0.1) is 0 Å². The molecule has 0 aromatic rings. The number of hydrogen-bond donors (Lipinski definition) is 2. The van der Waals surface area contributed by atoms with E-state index in [0.717, 1.165) is 25.9 Å². The van der Waals surface area contributed by atoms with Gasteiger partial charge >= 0.3 is 12.0 Å². The van der Waals surface area contributed by atoms with Crippen molar-refractivity contribution in [3.63, 3.8) is 0 Å². The lowest BCUT2D eigenvalue weighted by Gasteiger charge is -2.22. The second kappa shape index (κ2) is 7.72. The first kappa shape index (κ1) is 16.3. The Kier molecular flexibility index (Phi) is 6.27. The summed E-state index contributed by atoms with van der Waals surface area (Å²) in [7, 11) is 1.56. The monoisotopic (exact) mass is 285 g/mol. The van der Waals surface area contributed by atoms with Gasteiger partial charge in [0.25, 0.3) is 0 Å². The van der Waals surface area contributed by atoms with E-state index >= 15 is 0 Å². The Labute approximate surface area is 118 Å². The fourth-order valence-corrected chi connectivity index (χ4v) is 2.11. The molecule has 1 aliphatic heterocycles. The van der Waals surface area contributed by atoms with E-state index in [1.807, 2.05) is 0 Å². The highest BCUT2D eigenvalue weighted by Gasteiger charge is 2.21. The fourth-order valence-electron chi connectivity index (χ4n) is 2.11. The summed E-state index contributed by atoms with van der Waals surface area (Å²) in [6.07, 6.45) is 2.05. The first-order valence-corrected chi connectivity index (χ1v) is 6.88. The molecule has 1 fully saturated rings. The number of nitrogens with one attached hydrogen (secondary N) is 1. The standard InChI is InChI=1S/C13H23N3O4/c1-10(7-12(18)19)8-14-13(20)15(2)9-11(17)16-5-3-4-6-16/h10H,3-9H2,1-2H3,(H,14,20)(H,18,19). The zero-order valence-electron chi connectivity index (χ0n) is 12.1. The average Bonchev–Trinajstić information content (AvgIpc) is 2.88. The molecule has 3 amide bonds. The minimum Gasteiger partial charge on any atom is -0.481 e. The normalized spacial score (nSPS) is 15.8. The van der Waals surface area contributed by atoms with E-state index < -0.39 is 5.97 Å². The van der Waals surface area contributed by atoms with Gasteiger partial charge in [-0.05, 0) is 18.8 Å². The molecule has 1 rings (SSSR count). The minimum atomic E-state index is -0.885. The summed E-state index contributed by atoms with van der Waals surface area (Å²) in [6.45, 7) is 3.63. The van der Waals surface area contributed by atoms with Gasteiger partial charge in [0.15, 0.2) is 0 Å². The van der Waals surface area contributed by atoms with Crippen molar-refractivity contribution in [2.75, 3.05) is 33.2 Å². The number of carboxylic acid groups (broad SMARTS) is 1. The molecule has 0 aromatic heterocycles. The number of carboxylic acids is 1. The van der Waals surface area contributed by atoms with Crippen molar-refractivity contribution in [1.29, 1.82) is 0 Å². The summed E-state index contributed by atoms with van der Waals surface area (Å²) < 4.78 is 0. The van der Waals surface area contributed by atoms with Crippen LogP contribution in [0.25, 0.3) is 0 Å². The van der Waals surface area contributed by atoms with Crippen molar-refractivity contribution in [3.05, 3.63) is 0 Å². The van der Waals surface area contributed by atoms with Gasteiger partial charge in [0.1, 0.15) is 6.54 Å². The molecule has 0 radical (unpaired) electrons. The molecule has 1 saturated heterocycles. The maximum absolute atomic E-state index is 11.9. The molecule has 0 spiro atoms. The topological polar surface area (TPSA) is 90.0 Å². The molecule has 1 atom stereocenters. The molecule has 0 saturated carbocycles. The predicted molar refractivity (Wildman–Crippen MR) is 73.3 cm³/mol. The summed E-state index contributed by atoms with van der Waals surface area (Å²) in [5.74, 6) is -1.07. The fraction of sp³-hybridized carbons (Fsp3) is 0.769. The van der Waals surface area contributed by atoms with Gasteiger partial charge in [-0.15, -0.1) is 0 Å². The first-order chi connectivity index (χ1) is 9.40. The highest BCUT2D eigenvalue weighted by molar-refractivity contribution is 5.84. The van der Waals surface area contributed by atoms with Gasteiger partial charge in [-0.3, -0.25) is 9.59 Å². The van der Waals surface area contributed by atoms with Crippen molar-refractivity contribution < 1.29 is 19.5 Å². The number of urea groups is 1. The SMILES string of the molecule is CC(CNC(=O)N(C)CC(=O)N1CCCC1)CC(=O)O. The predicted octanol–water partition coefficient (Wildman–Crippen LogP) is 0.361. The largest absolute Gasteiger partial charge is 0.481 e. The van der Waals surface area contributed by atoms with Crippen LogP contribution in [-0.2, 0) is 9.59 Å². The van der Waals surface area contributed by atoms with Crippen LogP contribution in [-0.4, -0.2) is 66.0 Å². The van der Waals surface area contributed by atoms with Gasteiger partial charge < -0.3 is 20.2 Å². The molecule has 1 unspecified atom stereocenters. The number of carbonyl (C=O) groups excluding carboxylic acids is 2. The Morgan fingerprint density at radius 1 is 1.30 bits per heavy atom. The number of carbonyl (C=O) groups is 3. The van der Waals surface area contributed by atoms with Crippen LogP contribution in [0.1, 0.15) is 26.2 Å². The molecule has 7 heteroatoms. The second-order valence-corrected chi connectivity index (χ2v) is 5.33. The van der Waals surface area contributed by atoms with Crippen LogP contribution < -0.4 is 5.32 Å². The molecule has 0 bridgehead atoms.